The quantitative estimate of drug-likeness (QED) is 0.768. The summed E-state index contributed by atoms with van der Waals surface area (Å²) in [5.41, 5.74) is -4.63. The van der Waals surface area contributed by atoms with Crippen molar-refractivity contribution in [3.63, 3.8) is 0 Å². The van der Waals surface area contributed by atoms with E-state index >= 15 is 0 Å². The van der Waals surface area contributed by atoms with Gasteiger partial charge in [-0.05, 0) is 62.7 Å². The molecule has 3 fully saturated rings. The highest BCUT2D eigenvalue weighted by atomic mass is 19.4. The van der Waals surface area contributed by atoms with Crippen LogP contribution in [0.15, 0.2) is 0 Å². The average Bonchev–Trinajstić information content (AvgIpc) is 2.99. The lowest BCUT2D eigenvalue weighted by Gasteiger charge is -2.39. The van der Waals surface area contributed by atoms with E-state index in [0.29, 0.717) is 12.8 Å². The second-order valence-corrected chi connectivity index (χ2v) is 7.42. The minimum Gasteiger partial charge on any atom is -0.375 e. The molecule has 23 heavy (non-hydrogen) atoms. The van der Waals surface area contributed by atoms with Crippen LogP contribution in [0.4, 0.5) is 26.3 Å². The van der Waals surface area contributed by atoms with Crippen molar-refractivity contribution < 1.29 is 36.2 Å². The standard InChI is InChI=1S/C15H20F6O2/c1-6-11-8-3-9(10(4-8)12(11)7(2)23-6)5-13(22,14(16,17)18)15(19,20)21/h6-12,22H,3-5H2,1-2H3. The van der Waals surface area contributed by atoms with E-state index < -0.39 is 30.3 Å². The summed E-state index contributed by atoms with van der Waals surface area (Å²) in [5, 5.41) is 9.45. The summed E-state index contributed by atoms with van der Waals surface area (Å²) in [6, 6.07) is 0. The molecule has 0 aromatic carbocycles. The molecular formula is C15H20F6O2. The number of hydrogen-bond acceptors (Lipinski definition) is 2. The Morgan fingerprint density at radius 2 is 1.43 bits per heavy atom. The van der Waals surface area contributed by atoms with Crippen LogP contribution in [0.5, 0.6) is 0 Å². The fourth-order valence-electron chi connectivity index (χ4n) is 5.47. The Morgan fingerprint density at radius 1 is 0.913 bits per heavy atom. The second kappa shape index (κ2) is 5.00. The summed E-state index contributed by atoms with van der Waals surface area (Å²) >= 11 is 0. The molecule has 1 saturated heterocycles. The van der Waals surface area contributed by atoms with Gasteiger partial charge in [0.05, 0.1) is 12.2 Å². The summed E-state index contributed by atoms with van der Waals surface area (Å²) in [6.07, 6.45) is -12.0. The van der Waals surface area contributed by atoms with E-state index in [1.165, 1.54) is 0 Å². The first-order valence-electron chi connectivity index (χ1n) is 7.88. The molecule has 1 heterocycles. The minimum atomic E-state index is -5.72. The van der Waals surface area contributed by atoms with Crippen LogP contribution < -0.4 is 0 Å². The fraction of sp³-hybridized carbons (Fsp3) is 1.00. The van der Waals surface area contributed by atoms with Crippen molar-refractivity contribution in [2.45, 2.75) is 63.3 Å². The normalized spacial score (nSPS) is 44.0. The number of fused-ring (bicyclic) bond motifs is 5. The van der Waals surface area contributed by atoms with Crippen LogP contribution in [-0.4, -0.2) is 35.3 Å². The van der Waals surface area contributed by atoms with Crippen molar-refractivity contribution in [2.75, 3.05) is 0 Å². The number of aliphatic hydroxyl groups is 1. The van der Waals surface area contributed by atoms with Gasteiger partial charge >= 0.3 is 12.4 Å². The zero-order valence-electron chi connectivity index (χ0n) is 12.8. The summed E-state index contributed by atoms with van der Waals surface area (Å²) in [7, 11) is 0. The molecule has 2 aliphatic carbocycles. The van der Waals surface area contributed by atoms with E-state index in [-0.39, 0.29) is 35.9 Å². The van der Waals surface area contributed by atoms with Crippen LogP contribution in [0, 0.1) is 29.6 Å². The number of hydrogen-bond donors (Lipinski definition) is 1. The Morgan fingerprint density at radius 3 is 1.96 bits per heavy atom. The molecule has 0 radical (unpaired) electrons. The molecule has 1 N–H and O–H groups in total. The Balaban J connectivity index is 1.82. The third-order valence-corrected chi connectivity index (χ3v) is 6.28. The van der Waals surface area contributed by atoms with Crippen LogP contribution in [0.2, 0.25) is 0 Å². The Kier molecular flexibility index (Phi) is 3.77. The first kappa shape index (κ1) is 17.3. The zero-order chi connectivity index (χ0) is 17.4. The average molecular weight is 346 g/mol. The largest absolute Gasteiger partial charge is 0.426 e. The summed E-state index contributed by atoms with van der Waals surface area (Å²) in [6.45, 7) is 3.75. The Bertz CT molecular complexity index is 460. The summed E-state index contributed by atoms with van der Waals surface area (Å²) in [4.78, 5) is 0. The lowest BCUT2D eigenvalue weighted by Crippen LogP contribution is -2.58. The first-order valence-corrected chi connectivity index (χ1v) is 7.88. The molecule has 1 aliphatic heterocycles. The molecular weight excluding hydrogens is 326 g/mol. The minimum absolute atomic E-state index is 0.000493. The van der Waals surface area contributed by atoms with E-state index in [2.05, 4.69) is 0 Å². The van der Waals surface area contributed by atoms with Gasteiger partial charge in [-0.15, -0.1) is 0 Å². The maximum absolute atomic E-state index is 12.9. The highest BCUT2D eigenvalue weighted by Gasteiger charge is 2.72. The van der Waals surface area contributed by atoms with Gasteiger partial charge < -0.3 is 9.84 Å². The molecule has 7 unspecified atom stereocenters. The van der Waals surface area contributed by atoms with Gasteiger partial charge in [0, 0.05) is 0 Å². The van der Waals surface area contributed by atoms with E-state index in [1.807, 2.05) is 13.8 Å². The molecule has 2 bridgehead atoms. The lowest BCUT2D eigenvalue weighted by atomic mass is 9.69. The molecule has 134 valence electrons. The number of halogens is 6. The number of alkyl halides is 6. The van der Waals surface area contributed by atoms with Gasteiger partial charge in [0.15, 0.2) is 0 Å². The van der Waals surface area contributed by atoms with E-state index in [4.69, 9.17) is 4.74 Å². The molecule has 0 spiro atoms. The lowest BCUT2D eigenvalue weighted by molar-refractivity contribution is -0.373. The van der Waals surface area contributed by atoms with Gasteiger partial charge in [0.1, 0.15) is 0 Å². The van der Waals surface area contributed by atoms with Crippen LogP contribution in [0.25, 0.3) is 0 Å². The topological polar surface area (TPSA) is 29.5 Å². The van der Waals surface area contributed by atoms with Gasteiger partial charge in [-0.2, -0.15) is 26.3 Å². The molecule has 8 heteroatoms. The van der Waals surface area contributed by atoms with E-state index in [1.54, 1.807) is 0 Å². The van der Waals surface area contributed by atoms with Gasteiger partial charge in [-0.3, -0.25) is 0 Å². The van der Waals surface area contributed by atoms with Crippen molar-refractivity contribution in [2.24, 2.45) is 29.6 Å². The monoisotopic (exact) mass is 346 g/mol. The van der Waals surface area contributed by atoms with Gasteiger partial charge in [0.25, 0.3) is 5.60 Å². The van der Waals surface area contributed by atoms with E-state index in [9.17, 15) is 31.4 Å². The highest BCUT2D eigenvalue weighted by Crippen LogP contribution is 2.63. The summed E-state index contributed by atoms with van der Waals surface area (Å²) < 4.78 is 83.2. The van der Waals surface area contributed by atoms with Gasteiger partial charge in [-0.1, -0.05) is 0 Å². The maximum atomic E-state index is 12.9. The smallest absolute Gasteiger partial charge is 0.375 e. The summed E-state index contributed by atoms with van der Waals surface area (Å²) in [5.74, 6) is -0.691. The first-order chi connectivity index (χ1) is 10.4. The van der Waals surface area contributed by atoms with Crippen LogP contribution >= 0.6 is 0 Å². The molecule has 0 aromatic rings. The van der Waals surface area contributed by atoms with Crippen molar-refractivity contribution in [1.29, 1.82) is 0 Å². The number of ether oxygens (including phenoxy) is 1. The number of rotatable bonds is 2. The SMILES string of the molecule is CC1OC(C)C2C3CC(CC3CC(O)(C(F)(F)F)C(F)(F)F)C12. The molecule has 3 aliphatic rings. The molecule has 2 nitrogen and oxygen atoms in total. The van der Waals surface area contributed by atoms with Crippen molar-refractivity contribution in [3.8, 4) is 0 Å². The molecule has 0 amide bonds. The van der Waals surface area contributed by atoms with Crippen LogP contribution in [0.1, 0.15) is 33.1 Å². The van der Waals surface area contributed by atoms with Crippen LogP contribution in [0.3, 0.4) is 0 Å². The predicted molar refractivity (Wildman–Crippen MR) is 68.4 cm³/mol. The maximum Gasteiger partial charge on any atom is 0.426 e. The van der Waals surface area contributed by atoms with Crippen LogP contribution in [-0.2, 0) is 4.74 Å². The Hall–Kier alpha value is -0.500. The molecule has 3 rings (SSSR count). The van der Waals surface area contributed by atoms with Crippen molar-refractivity contribution in [1.82, 2.24) is 0 Å². The van der Waals surface area contributed by atoms with Gasteiger partial charge in [-0.25, -0.2) is 0 Å². The molecule has 2 saturated carbocycles. The van der Waals surface area contributed by atoms with Crippen molar-refractivity contribution in [3.05, 3.63) is 0 Å². The second-order valence-electron chi connectivity index (χ2n) is 7.42. The molecule has 0 aromatic heterocycles. The zero-order valence-corrected chi connectivity index (χ0v) is 12.8. The van der Waals surface area contributed by atoms with Gasteiger partial charge in [0.2, 0.25) is 0 Å². The molecule has 7 atom stereocenters. The third kappa shape index (κ3) is 2.39. The Labute approximate surface area is 130 Å². The third-order valence-electron chi connectivity index (χ3n) is 6.28. The highest BCUT2D eigenvalue weighted by molar-refractivity contribution is 5.09. The predicted octanol–water partition coefficient (Wildman–Crippen LogP) is 3.93. The van der Waals surface area contributed by atoms with E-state index in [0.717, 1.165) is 0 Å². The fourth-order valence-corrected chi connectivity index (χ4v) is 5.47. The van der Waals surface area contributed by atoms with Crippen molar-refractivity contribution >= 4 is 0 Å².